The molecule has 24 heavy (non-hydrogen) atoms. The van der Waals surface area contributed by atoms with Crippen LogP contribution in [0.15, 0.2) is 36.4 Å². The van der Waals surface area contributed by atoms with Crippen LogP contribution in [0.5, 0.6) is 17.2 Å². The molecule has 0 fully saturated rings. The summed E-state index contributed by atoms with van der Waals surface area (Å²) in [5.41, 5.74) is -0.273. The van der Waals surface area contributed by atoms with Crippen LogP contribution in [0.3, 0.4) is 0 Å². The van der Waals surface area contributed by atoms with Crippen LogP contribution in [-0.4, -0.2) is 33.3 Å². The van der Waals surface area contributed by atoms with Crippen LogP contribution in [0.1, 0.15) is 11.1 Å². The Morgan fingerprint density at radius 2 is 1.83 bits per heavy atom. The van der Waals surface area contributed by atoms with Crippen molar-refractivity contribution in [1.82, 2.24) is 0 Å². The van der Waals surface area contributed by atoms with E-state index in [0.29, 0.717) is 5.56 Å². The Labute approximate surface area is 136 Å². The number of carboxylic acid groups (broad SMARTS) is 1. The van der Waals surface area contributed by atoms with E-state index >= 15 is 0 Å². The number of aliphatic carboxylic acids is 1. The molecule has 124 valence electrons. The van der Waals surface area contributed by atoms with Crippen LogP contribution in [0.4, 0.5) is 5.69 Å². The first-order chi connectivity index (χ1) is 11.3. The molecule has 0 aliphatic heterocycles. The molecule has 2 aromatic carbocycles. The van der Waals surface area contributed by atoms with Crippen LogP contribution < -0.4 is 4.74 Å². The number of phenolic OH excluding ortho intramolecular Hbond substituents is 2. The van der Waals surface area contributed by atoms with Crippen molar-refractivity contribution >= 4 is 23.3 Å². The molecule has 0 aliphatic carbocycles. The second-order valence-electron chi connectivity index (χ2n) is 4.76. The van der Waals surface area contributed by atoms with Gasteiger partial charge in [-0.1, -0.05) is 12.1 Å². The summed E-state index contributed by atoms with van der Waals surface area (Å²) in [7, 11) is 1.23. The van der Waals surface area contributed by atoms with E-state index in [9.17, 15) is 30.2 Å². The number of ether oxygens (including phenoxy) is 1. The zero-order valence-electron chi connectivity index (χ0n) is 12.5. The fourth-order valence-electron chi connectivity index (χ4n) is 2.07. The predicted molar refractivity (Wildman–Crippen MR) is 84.9 cm³/mol. The number of methoxy groups -OCH3 is 1. The largest absolute Gasteiger partial charge is 0.508 e. The van der Waals surface area contributed by atoms with Gasteiger partial charge in [-0.05, 0) is 35.4 Å². The highest BCUT2D eigenvalue weighted by atomic mass is 16.6. The zero-order valence-corrected chi connectivity index (χ0v) is 12.5. The number of hydrogen-bond acceptors (Lipinski definition) is 6. The number of phenols is 2. The highest BCUT2D eigenvalue weighted by molar-refractivity contribution is 6.20. The van der Waals surface area contributed by atoms with E-state index < -0.39 is 22.3 Å². The van der Waals surface area contributed by atoms with Crippen molar-refractivity contribution in [2.24, 2.45) is 0 Å². The Balaban J connectivity index is 2.61. The summed E-state index contributed by atoms with van der Waals surface area (Å²) in [5.74, 6) is -2.06. The maximum absolute atomic E-state index is 11.5. The lowest BCUT2D eigenvalue weighted by molar-refractivity contribution is -0.386. The maximum atomic E-state index is 11.5. The Morgan fingerprint density at radius 3 is 2.33 bits per heavy atom. The molecule has 0 heterocycles. The average Bonchev–Trinajstić information content (AvgIpc) is 2.54. The summed E-state index contributed by atoms with van der Waals surface area (Å²) in [6.45, 7) is 0. The maximum Gasteiger partial charge on any atom is 0.336 e. The van der Waals surface area contributed by atoms with Gasteiger partial charge < -0.3 is 20.1 Å². The van der Waals surface area contributed by atoms with Crippen LogP contribution >= 0.6 is 0 Å². The van der Waals surface area contributed by atoms with Crippen molar-refractivity contribution < 1.29 is 29.8 Å². The molecule has 0 bridgehead atoms. The van der Waals surface area contributed by atoms with Gasteiger partial charge in [0, 0.05) is 6.07 Å². The average molecular weight is 331 g/mol. The molecular formula is C16H13NO7. The number of benzene rings is 2. The molecular weight excluding hydrogens is 318 g/mol. The predicted octanol–water partition coefficient (Wildman–Crippen LogP) is 2.64. The molecule has 3 N–H and O–H groups in total. The molecule has 0 saturated heterocycles. The molecule has 2 rings (SSSR count). The SMILES string of the molecule is COc1cc(/C=C(\C(=O)O)c2ccc(O)cc2)cc([N+](=O)[O-])c1O. The molecule has 0 aromatic heterocycles. The molecule has 0 unspecified atom stereocenters. The number of nitro groups is 1. The molecule has 0 saturated carbocycles. The minimum atomic E-state index is -1.25. The summed E-state index contributed by atoms with van der Waals surface area (Å²) in [4.78, 5) is 21.7. The number of rotatable bonds is 5. The lowest BCUT2D eigenvalue weighted by atomic mass is 10.0. The zero-order chi connectivity index (χ0) is 17.9. The van der Waals surface area contributed by atoms with Crippen LogP contribution in [0, 0.1) is 10.1 Å². The topological polar surface area (TPSA) is 130 Å². The van der Waals surface area contributed by atoms with Crippen LogP contribution in [-0.2, 0) is 4.79 Å². The van der Waals surface area contributed by atoms with Gasteiger partial charge in [-0.15, -0.1) is 0 Å². The number of aromatic hydroxyl groups is 2. The molecule has 8 nitrogen and oxygen atoms in total. The van der Waals surface area contributed by atoms with Gasteiger partial charge in [0.25, 0.3) is 0 Å². The first kappa shape index (κ1) is 16.8. The van der Waals surface area contributed by atoms with E-state index in [-0.39, 0.29) is 22.6 Å². The first-order valence-electron chi connectivity index (χ1n) is 6.63. The lowest BCUT2D eigenvalue weighted by Gasteiger charge is -2.07. The Kier molecular flexibility index (Phi) is 4.69. The molecule has 8 heteroatoms. The van der Waals surface area contributed by atoms with Crippen molar-refractivity contribution in [3.63, 3.8) is 0 Å². The van der Waals surface area contributed by atoms with Crippen molar-refractivity contribution in [3.05, 3.63) is 57.6 Å². The van der Waals surface area contributed by atoms with Crippen molar-refractivity contribution in [1.29, 1.82) is 0 Å². The standard InChI is InChI=1S/C16H13NO7/c1-24-14-8-9(7-13(15(14)19)17(22)23)6-12(16(20)21)10-2-4-11(18)5-3-10/h2-8,18-19H,1H3,(H,20,21)/b12-6-. The summed E-state index contributed by atoms with van der Waals surface area (Å²) in [6, 6.07) is 7.79. The number of hydrogen-bond donors (Lipinski definition) is 3. The van der Waals surface area contributed by atoms with Crippen molar-refractivity contribution in [2.45, 2.75) is 0 Å². The second-order valence-corrected chi connectivity index (χ2v) is 4.76. The van der Waals surface area contributed by atoms with Gasteiger partial charge in [-0.25, -0.2) is 4.79 Å². The Hall–Kier alpha value is -3.55. The van der Waals surface area contributed by atoms with Crippen molar-refractivity contribution in [3.8, 4) is 17.2 Å². The Morgan fingerprint density at radius 1 is 1.21 bits per heavy atom. The highest BCUT2D eigenvalue weighted by Crippen LogP contribution is 2.37. The number of carboxylic acids is 1. The van der Waals surface area contributed by atoms with Gasteiger partial charge >= 0.3 is 11.7 Å². The van der Waals surface area contributed by atoms with Gasteiger partial charge in [0.2, 0.25) is 5.75 Å². The minimum absolute atomic E-state index is 0.0228. The second kappa shape index (κ2) is 6.69. The van der Waals surface area contributed by atoms with Gasteiger partial charge in [-0.3, -0.25) is 10.1 Å². The lowest BCUT2D eigenvalue weighted by Crippen LogP contribution is -2.00. The van der Waals surface area contributed by atoms with E-state index in [1.807, 2.05) is 0 Å². The summed E-state index contributed by atoms with van der Waals surface area (Å²) in [5, 5.41) is 39.4. The normalized spacial score (nSPS) is 11.1. The fraction of sp³-hybridized carbons (Fsp3) is 0.0625. The quantitative estimate of drug-likeness (QED) is 0.332. The third-order valence-corrected chi connectivity index (χ3v) is 3.21. The molecule has 0 spiro atoms. The smallest absolute Gasteiger partial charge is 0.336 e. The first-order valence-corrected chi connectivity index (χ1v) is 6.63. The fourth-order valence-corrected chi connectivity index (χ4v) is 2.07. The van der Waals surface area contributed by atoms with Gasteiger partial charge in [-0.2, -0.15) is 0 Å². The van der Waals surface area contributed by atoms with Crippen LogP contribution in [0.25, 0.3) is 11.6 Å². The summed E-state index contributed by atoms with van der Waals surface area (Å²) < 4.78 is 4.88. The highest BCUT2D eigenvalue weighted by Gasteiger charge is 2.20. The van der Waals surface area contributed by atoms with Gasteiger partial charge in [0.15, 0.2) is 5.75 Å². The van der Waals surface area contributed by atoms with E-state index in [1.165, 1.54) is 43.5 Å². The minimum Gasteiger partial charge on any atom is -0.508 e. The van der Waals surface area contributed by atoms with Gasteiger partial charge in [0.05, 0.1) is 17.6 Å². The third kappa shape index (κ3) is 3.43. The molecule has 0 amide bonds. The monoisotopic (exact) mass is 331 g/mol. The van der Waals surface area contributed by atoms with Gasteiger partial charge in [0.1, 0.15) is 5.75 Å². The summed E-state index contributed by atoms with van der Waals surface area (Å²) in [6.07, 6.45) is 1.21. The summed E-state index contributed by atoms with van der Waals surface area (Å²) >= 11 is 0. The Bertz CT molecular complexity index is 825. The van der Waals surface area contributed by atoms with E-state index in [2.05, 4.69) is 0 Å². The molecule has 2 aromatic rings. The third-order valence-electron chi connectivity index (χ3n) is 3.21. The molecule has 0 atom stereocenters. The van der Waals surface area contributed by atoms with E-state index in [4.69, 9.17) is 4.74 Å². The molecule has 0 radical (unpaired) electrons. The van der Waals surface area contributed by atoms with E-state index in [0.717, 1.165) is 6.07 Å². The number of nitrogens with zero attached hydrogens (tertiary/aromatic N) is 1. The molecule has 0 aliphatic rings. The van der Waals surface area contributed by atoms with Crippen LogP contribution in [0.2, 0.25) is 0 Å². The number of carbonyl (C=O) groups is 1. The number of nitro benzene ring substituents is 1. The van der Waals surface area contributed by atoms with Crippen molar-refractivity contribution in [2.75, 3.05) is 7.11 Å². The van der Waals surface area contributed by atoms with E-state index in [1.54, 1.807) is 0 Å².